The quantitative estimate of drug-likeness (QED) is 0.748. The number of nitrogens with zero attached hydrogens (tertiary/aromatic N) is 3. The average Bonchev–Trinajstić information content (AvgIpc) is 2.86. The molecule has 0 spiro atoms. The van der Waals surface area contributed by atoms with Crippen molar-refractivity contribution in [2.45, 2.75) is 57.5 Å². The largest absolute Gasteiger partial charge is 0.299 e. The number of hydrogen-bond donors (Lipinski definition) is 0. The Hall–Kier alpha value is -0.590. The SMILES string of the molecule is CCC(CC#N)N1CCC(N2CCCCC2)C1. The van der Waals surface area contributed by atoms with Gasteiger partial charge in [-0.1, -0.05) is 13.3 Å². The first-order valence-corrected chi connectivity index (χ1v) is 7.20. The molecule has 17 heavy (non-hydrogen) atoms. The van der Waals surface area contributed by atoms with Gasteiger partial charge < -0.3 is 0 Å². The van der Waals surface area contributed by atoms with Crippen molar-refractivity contribution in [1.29, 1.82) is 5.26 Å². The summed E-state index contributed by atoms with van der Waals surface area (Å²) in [5.41, 5.74) is 0. The van der Waals surface area contributed by atoms with E-state index >= 15 is 0 Å². The molecule has 0 aromatic heterocycles. The minimum atomic E-state index is 0.495. The third-order valence-electron chi connectivity index (χ3n) is 4.42. The van der Waals surface area contributed by atoms with Crippen molar-refractivity contribution in [3.63, 3.8) is 0 Å². The van der Waals surface area contributed by atoms with Crippen molar-refractivity contribution in [2.75, 3.05) is 26.2 Å². The summed E-state index contributed by atoms with van der Waals surface area (Å²) in [7, 11) is 0. The van der Waals surface area contributed by atoms with Gasteiger partial charge in [-0.2, -0.15) is 5.26 Å². The van der Waals surface area contributed by atoms with Crippen molar-refractivity contribution in [2.24, 2.45) is 0 Å². The zero-order chi connectivity index (χ0) is 12.1. The lowest BCUT2D eigenvalue weighted by molar-refractivity contribution is 0.151. The molecule has 0 aromatic carbocycles. The maximum absolute atomic E-state index is 8.86. The van der Waals surface area contributed by atoms with Gasteiger partial charge in [-0.25, -0.2) is 0 Å². The molecule has 3 heteroatoms. The Morgan fingerprint density at radius 3 is 2.65 bits per heavy atom. The molecule has 3 nitrogen and oxygen atoms in total. The summed E-state index contributed by atoms with van der Waals surface area (Å²) in [6, 6.07) is 3.60. The molecular weight excluding hydrogens is 210 g/mol. The molecule has 0 radical (unpaired) electrons. The second-order valence-corrected chi connectivity index (χ2v) is 5.46. The van der Waals surface area contributed by atoms with Gasteiger partial charge in [0.25, 0.3) is 0 Å². The second kappa shape index (κ2) is 6.37. The first-order chi connectivity index (χ1) is 8.35. The Morgan fingerprint density at radius 1 is 1.24 bits per heavy atom. The molecule has 2 heterocycles. The van der Waals surface area contributed by atoms with Gasteiger partial charge in [0.2, 0.25) is 0 Å². The fraction of sp³-hybridized carbons (Fsp3) is 0.929. The van der Waals surface area contributed by atoms with Gasteiger partial charge >= 0.3 is 0 Å². The van der Waals surface area contributed by atoms with Crippen molar-refractivity contribution in [3.8, 4) is 6.07 Å². The van der Waals surface area contributed by atoms with Crippen LogP contribution in [0.2, 0.25) is 0 Å². The zero-order valence-electron chi connectivity index (χ0n) is 11.1. The summed E-state index contributed by atoms with van der Waals surface area (Å²) in [5.74, 6) is 0. The van der Waals surface area contributed by atoms with Gasteiger partial charge in [-0.3, -0.25) is 9.80 Å². The van der Waals surface area contributed by atoms with E-state index in [9.17, 15) is 0 Å². The van der Waals surface area contributed by atoms with Crippen LogP contribution in [0.4, 0.5) is 0 Å². The highest BCUT2D eigenvalue weighted by atomic mass is 15.3. The number of likely N-dealkylation sites (tertiary alicyclic amines) is 2. The summed E-state index contributed by atoms with van der Waals surface area (Å²) in [6.07, 6.45) is 7.29. The highest BCUT2D eigenvalue weighted by molar-refractivity contribution is 4.90. The standard InChI is InChI=1S/C14H25N3/c1-2-13(6-8-15)17-11-7-14(12-17)16-9-4-3-5-10-16/h13-14H,2-7,9-12H2,1H3. The van der Waals surface area contributed by atoms with E-state index < -0.39 is 0 Å². The van der Waals surface area contributed by atoms with Crippen LogP contribution in [0, 0.1) is 11.3 Å². The fourth-order valence-corrected chi connectivity index (χ4v) is 3.32. The van der Waals surface area contributed by atoms with Gasteiger partial charge in [-0.05, 0) is 38.8 Å². The number of piperidine rings is 1. The van der Waals surface area contributed by atoms with E-state index in [2.05, 4.69) is 22.8 Å². The van der Waals surface area contributed by atoms with E-state index in [0.29, 0.717) is 12.5 Å². The zero-order valence-corrected chi connectivity index (χ0v) is 11.1. The van der Waals surface area contributed by atoms with E-state index in [1.165, 1.54) is 51.9 Å². The highest BCUT2D eigenvalue weighted by Gasteiger charge is 2.31. The van der Waals surface area contributed by atoms with E-state index in [-0.39, 0.29) is 0 Å². The third-order valence-corrected chi connectivity index (χ3v) is 4.42. The Kier molecular flexibility index (Phi) is 4.82. The predicted molar refractivity (Wildman–Crippen MR) is 69.7 cm³/mol. The van der Waals surface area contributed by atoms with Crippen LogP contribution in [0.25, 0.3) is 0 Å². The summed E-state index contributed by atoms with van der Waals surface area (Å²) in [5, 5.41) is 8.86. The van der Waals surface area contributed by atoms with Gasteiger partial charge in [0.05, 0.1) is 12.5 Å². The van der Waals surface area contributed by atoms with Crippen LogP contribution in [0.15, 0.2) is 0 Å². The molecule has 2 rings (SSSR count). The lowest BCUT2D eigenvalue weighted by Crippen LogP contribution is -2.42. The molecule has 2 aliphatic heterocycles. The molecule has 0 aliphatic carbocycles. The molecule has 2 atom stereocenters. The monoisotopic (exact) mass is 235 g/mol. The maximum atomic E-state index is 8.86. The van der Waals surface area contributed by atoms with Gasteiger partial charge in [0, 0.05) is 25.2 Å². The summed E-state index contributed by atoms with van der Waals surface area (Å²) in [4.78, 5) is 5.23. The second-order valence-electron chi connectivity index (χ2n) is 5.46. The van der Waals surface area contributed by atoms with Crippen LogP contribution in [-0.4, -0.2) is 48.1 Å². The van der Waals surface area contributed by atoms with E-state index in [1.54, 1.807) is 0 Å². The lowest BCUT2D eigenvalue weighted by Gasteiger charge is -2.33. The van der Waals surface area contributed by atoms with Crippen molar-refractivity contribution < 1.29 is 0 Å². The van der Waals surface area contributed by atoms with E-state index in [1.807, 2.05) is 0 Å². The summed E-state index contributed by atoms with van der Waals surface area (Å²) in [6.45, 7) is 7.19. The first kappa shape index (κ1) is 12.9. The smallest absolute Gasteiger partial charge is 0.0638 e. The van der Waals surface area contributed by atoms with Crippen molar-refractivity contribution in [3.05, 3.63) is 0 Å². The molecule has 0 saturated carbocycles. The maximum Gasteiger partial charge on any atom is 0.0638 e. The molecule has 2 fully saturated rings. The minimum Gasteiger partial charge on any atom is -0.299 e. The van der Waals surface area contributed by atoms with Crippen LogP contribution in [-0.2, 0) is 0 Å². The number of nitriles is 1. The Balaban J connectivity index is 1.83. The number of hydrogen-bond acceptors (Lipinski definition) is 3. The van der Waals surface area contributed by atoms with Crippen LogP contribution in [0.5, 0.6) is 0 Å². The fourth-order valence-electron chi connectivity index (χ4n) is 3.32. The molecule has 2 unspecified atom stereocenters. The number of rotatable bonds is 4. The average molecular weight is 235 g/mol. The molecule has 0 N–H and O–H groups in total. The van der Waals surface area contributed by atoms with E-state index in [0.717, 1.165) is 12.5 Å². The molecule has 2 saturated heterocycles. The molecule has 0 aromatic rings. The lowest BCUT2D eigenvalue weighted by atomic mass is 10.1. The van der Waals surface area contributed by atoms with Crippen LogP contribution in [0.3, 0.4) is 0 Å². The summed E-state index contributed by atoms with van der Waals surface area (Å²) >= 11 is 0. The van der Waals surface area contributed by atoms with Crippen LogP contribution < -0.4 is 0 Å². The van der Waals surface area contributed by atoms with Gasteiger partial charge in [0.15, 0.2) is 0 Å². The predicted octanol–water partition coefficient (Wildman–Crippen LogP) is 2.24. The van der Waals surface area contributed by atoms with Gasteiger partial charge in [-0.15, -0.1) is 0 Å². The molecule has 96 valence electrons. The van der Waals surface area contributed by atoms with E-state index in [4.69, 9.17) is 5.26 Å². The molecule has 2 aliphatic rings. The van der Waals surface area contributed by atoms with Crippen LogP contribution >= 0.6 is 0 Å². The topological polar surface area (TPSA) is 30.3 Å². The Bertz CT molecular complexity index is 265. The summed E-state index contributed by atoms with van der Waals surface area (Å²) < 4.78 is 0. The molecule has 0 bridgehead atoms. The Morgan fingerprint density at radius 2 is 2.00 bits per heavy atom. The normalized spacial score (nSPS) is 29.1. The molecular formula is C14H25N3. The van der Waals surface area contributed by atoms with Crippen molar-refractivity contribution in [1.82, 2.24) is 9.80 Å². The third kappa shape index (κ3) is 3.20. The minimum absolute atomic E-state index is 0.495. The molecule has 0 amide bonds. The van der Waals surface area contributed by atoms with Gasteiger partial charge in [0.1, 0.15) is 0 Å². The van der Waals surface area contributed by atoms with Crippen LogP contribution in [0.1, 0.15) is 45.4 Å². The first-order valence-electron chi connectivity index (χ1n) is 7.20. The van der Waals surface area contributed by atoms with Crippen molar-refractivity contribution >= 4 is 0 Å². The highest BCUT2D eigenvalue weighted by Crippen LogP contribution is 2.23. The Labute approximate surface area is 105 Å².